The van der Waals surface area contributed by atoms with Gasteiger partial charge in [-0.1, -0.05) is 11.6 Å². The van der Waals surface area contributed by atoms with Gasteiger partial charge in [-0.05, 0) is 44.0 Å². The molecule has 1 aliphatic rings. The SMILES string of the molecule is N#Cc1cc(Cl)ccc1NCCCNC1CC1. The highest BCUT2D eigenvalue weighted by atomic mass is 35.5. The Morgan fingerprint density at radius 3 is 2.88 bits per heavy atom. The first-order valence-corrected chi connectivity index (χ1v) is 6.34. The molecule has 0 heterocycles. The Hall–Kier alpha value is -1.24. The highest BCUT2D eigenvalue weighted by Gasteiger charge is 2.19. The molecule has 0 saturated heterocycles. The maximum Gasteiger partial charge on any atom is 0.101 e. The molecule has 0 atom stereocenters. The molecule has 1 saturated carbocycles. The summed E-state index contributed by atoms with van der Waals surface area (Å²) in [6, 6.07) is 8.25. The Labute approximate surface area is 107 Å². The lowest BCUT2D eigenvalue weighted by Crippen LogP contribution is -2.20. The van der Waals surface area contributed by atoms with Crippen LogP contribution in [0.4, 0.5) is 5.69 Å². The van der Waals surface area contributed by atoms with Gasteiger partial charge in [0.2, 0.25) is 0 Å². The van der Waals surface area contributed by atoms with Gasteiger partial charge < -0.3 is 10.6 Å². The zero-order chi connectivity index (χ0) is 12.1. The fraction of sp³-hybridized carbons (Fsp3) is 0.462. The van der Waals surface area contributed by atoms with Crippen molar-refractivity contribution in [2.75, 3.05) is 18.4 Å². The molecule has 1 fully saturated rings. The number of nitrogens with zero attached hydrogens (tertiary/aromatic N) is 1. The lowest BCUT2D eigenvalue weighted by atomic mass is 10.2. The molecule has 0 unspecified atom stereocenters. The summed E-state index contributed by atoms with van der Waals surface area (Å²) in [6.45, 7) is 1.91. The normalized spacial score (nSPS) is 14.4. The van der Waals surface area contributed by atoms with E-state index in [1.165, 1.54) is 12.8 Å². The van der Waals surface area contributed by atoms with E-state index < -0.39 is 0 Å². The number of benzene rings is 1. The second-order valence-electron chi connectivity index (χ2n) is 4.31. The Kier molecular flexibility index (Phi) is 4.24. The average molecular weight is 250 g/mol. The van der Waals surface area contributed by atoms with Crippen molar-refractivity contribution in [3.05, 3.63) is 28.8 Å². The van der Waals surface area contributed by atoms with Crippen molar-refractivity contribution >= 4 is 17.3 Å². The predicted molar refractivity (Wildman–Crippen MR) is 70.3 cm³/mol. The number of hydrogen-bond donors (Lipinski definition) is 2. The van der Waals surface area contributed by atoms with Crippen molar-refractivity contribution in [1.29, 1.82) is 5.26 Å². The molecule has 3 nitrogen and oxygen atoms in total. The molecule has 1 aliphatic carbocycles. The van der Waals surface area contributed by atoms with E-state index in [9.17, 15) is 0 Å². The molecule has 0 amide bonds. The van der Waals surface area contributed by atoms with Crippen LogP contribution in [-0.4, -0.2) is 19.1 Å². The van der Waals surface area contributed by atoms with Crippen LogP contribution in [0, 0.1) is 11.3 Å². The first-order chi connectivity index (χ1) is 8.29. The monoisotopic (exact) mass is 249 g/mol. The Bertz CT molecular complexity index is 421. The summed E-state index contributed by atoms with van der Waals surface area (Å²) in [5.74, 6) is 0. The minimum Gasteiger partial charge on any atom is -0.384 e. The van der Waals surface area contributed by atoms with Gasteiger partial charge in [-0.15, -0.1) is 0 Å². The van der Waals surface area contributed by atoms with Gasteiger partial charge in [-0.3, -0.25) is 0 Å². The standard InChI is InChI=1S/C13H16ClN3/c14-11-2-5-13(10(8-11)9-15)17-7-1-6-16-12-3-4-12/h2,5,8,12,16-17H,1,3-4,6-7H2. The van der Waals surface area contributed by atoms with E-state index in [1.807, 2.05) is 6.07 Å². The quantitative estimate of drug-likeness (QED) is 0.763. The van der Waals surface area contributed by atoms with Crippen LogP contribution in [0.15, 0.2) is 18.2 Å². The van der Waals surface area contributed by atoms with Crippen LogP contribution in [0.5, 0.6) is 0 Å². The van der Waals surface area contributed by atoms with Gasteiger partial charge in [0.05, 0.1) is 11.3 Å². The van der Waals surface area contributed by atoms with Crippen molar-refractivity contribution in [3.63, 3.8) is 0 Å². The number of anilines is 1. The van der Waals surface area contributed by atoms with Crippen molar-refractivity contribution in [1.82, 2.24) is 5.32 Å². The van der Waals surface area contributed by atoms with Gasteiger partial charge in [0.25, 0.3) is 0 Å². The van der Waals surface area contributed by atoms with E-state index >= 15 is 0 Å². The summed E-state index contributed by atoms with van der Waals surface area (Å²) in [5.41, 5.74) is 1.47. The number of rotatable bonds is 6. The van der Waals surface area contributed by atoms with Crippen LogP contribution in [0.1, 0.15) is 24.8 Å². The van der Waals surface area contributed by atoms with Gasteiger partial charge >= 0.3 is 0 Å². The largest absolute Gasteiger partial charge is 0.384 e. The summed E-state index contributed by atoms with van der Waals surface area (Å²) in [7, 11) is 0. The Morgan fingerprint density at radius 1 is 1.35 bits per heavy atom. The van der Waals surface area contributed by atoms with E-state index in [2.05, 4.69) is 16.7 Å². The smallest absolute Gasteiger partial charge is 0.101 e. The summed E-state index contributed by atoms with van der Waals surface area (Å²) in [6.07, 6.45) is 3.70. The summed E-state index contributed by atoms with van der Waals surface area (Å²) in [5, 5.41) is 16.3. The van der Waals surface area contributed by atoms with Crippen LogP contribution in [0.25, 0.3) is 0 Å². The zero-order valence-electron chi connectivity index (χ0n) is 9.67. The van der Waals surface area contributed by atoms with Crippen molar-refractivity contribution in [2.45, 2.75) is 25.3 Å². The molecular weight excluding hydrogens is 234 g/mol. The van der Waals surface area contributed by atoms with Gasteiger partial charge in [-0.25, -0.2) is 0 Å². The van der Waals surface area contributed by atoms with Crippen LogP contribution < -0.4 is 10.6 Å². The highest BCUT2D eigenvalue weighted by Crippen LogP contribution is 2.20. The molecule has 4 heteroatoms. The minimum absolute atomic E-state index is 0.600. The number of nitrogens with one attached hydrogen (secondary N) is 2. The van der Waals surface area contributed by atoms with Crippen LogP contribution >= 0.6 is 11.6 Å². The van der Waals surface area contributed by atoms with Gasteiger partial charge in [0.15, 0.2) is 0 Å². The molecule has 0 aliphatic heterocycles. The fourth-order valence-corrected chi connectivity index (χ4v) is 1.84. The third-order valence-electron chi connectivity index (χ3n) is 2.78. The van der Waals surface area contributed by atoms with Gasteiger partial charge in [0, 0.05) is 17.6 Å². The molecule has 2 N–H and O–H groups in total. The van der Waals surface area contributed by atoms with Crippen LogP contribution in [0.2, 0.25) is 5.02 Å². The van der Waals surface area contributed by atoms with Crippen molar-refractivity contribution < 1.29 is 0 Å². The second kappa shape index (κ2) is 5.90. The maximum atomic E-state index is 8.97. The topological polar surface area (TPSA) is 47.9 Å². The predicted octanol–water partition coefficient (Wildman–Crippen LogP) is 2.77. The molecule has 2 rings (SSSR count). The third kappa shape index (κ3) is 3.92. The average Bonchev–Trinajstić information content (AvgIpc) is 3.14. The van der Waals surface area contributed by atoms with E-state index in [4.69, 9.17) is 16.9 Å². The second-order valence-corrected chi connectivity index (χ2v) is 4.75. The van der Waals surface area contributed by atoms with Crippen molar-refractivity contribution in [3.8, 4) is 6.07 Å². The van der Waals surface area contributed by atoms with E-state index in [-0.39, 0.29) is 0 Å². The van der Waals surface area contributed by atoms with Gasteiger partial charge in [-0.2, -0.15) is 5.26 Å². The van der Waals surface area contributed by atoms with Crippen LogP contribution in [-0.2, 0) is 0 Å². The molecule has 90 valence electrons. The molecule has 1 aromatic rings. The number of nitriles is 1. The van der Waals surface area contributed by atoms with Crippen molar-refractivity contribution in [2.24, 2.45) is 0 Å². The van der Waals surface area contributed by atoms with E-state index in [0.717, 1.165) is 31.2 Å². The molecule has 0 spiro atoms. The molecule has 17 heavy (non-hydrogen) atoms. The van der Waals surface area contributed by atoms with E-state index in [1.54, 1.807) is 12.1 Å². The lowest BCUT2D eigenvalue weighted by molar-refractivity contribution is 0.659. The number of hydrogen-bond acceptors (Lipinski definition) is 3. The van der Waals surface area contributed by atoms with Gasteiger partial charge in [0.1, 0.15) is 6.07 Å². The Balaban J connectivity index is 1.75. The molecule has 0 aromatic heterocycles. The Morgan fingerprint density at radius 2 is 2.18 bits per heavy atom. The minimum atomic E-state index is 0.600. The summed E-state index contributed by atoms with van der Waals surface area (Å²) >= 11 is 5.83. The first-order valence-electron chi connectivity index (χ1n) is 5.96. The molecular formula is C13H16ClN3. The summed E-state index contributed by atoms with van der Waals surface area (Å²) in [4.78, 5) is 0. The molecule has 0 bridgehead atoms. The van der Waals surface area contributed by atoms with E-state index in [0.29, 0.717) is 10.6 Å². The van der Waals surface area contributed by atoms with Crippen LogP contribution in [0.3, 0.4) is 0 Å². The highest BCUT2D eigenvalue weighted by molar-refractivity contribution is 6.30. The zero-order valence-corrected chi connectivity index (χ0v) is 10.4. The molecule has 0 radical (unpaired) electrons. The summed E-state index contributed by atoms with van der Waals surface area (Å²) < 4.78 is 0. The maximum absolute atomic E-state index is 8.97. The number of halogens is 1. The fourth-order valence-electron chi connectivity index (χ4n) is 1.67. The lowest BCUT2D eigenvalue weighted by Gasteiger charge is -2.08. The molecule has 1 aromatic carbocycles. The first kappa shape index (κ1) is 12.2. The third-order valence-corrected chi connectivity index (χ3v) is 3.02.